The Kier molecular flexibility index (Phi) is 4.39. The molecule has 5 heteroatoms. The van der Waals surface area contributed by atoms with E-state index >= 15 is 0 Å². The van der Waals surface area contributed by atoms with Crippen LogP contribution in [0.15, 0.2) is 6.20 Å². The van der Waals surface area contributed by atoms with Crippen LogP contribution in [-0.2, 0) is 16.9 Å². The van der Waals surface area contributed by atoms with Gasteiger partial charge in [-0.25, -0.2) is 0 Å². The smallest absolute Gasteiger partial charge is 0.162 e. The Morgan fingerprint density at radius 2 is 2.25 bits per heavy atom. The van der Waals surface area contributed by atoms with Crippen LogP contribution in [-0.4, -0.2) is 34.2 Å². The van der Waals surface area contributed by atoms with Crippen LogP contribution >= 0.6 is 0 Å². The Labute approximate surface area is 120 Å². The van der Waals surface area contributed by atoms with Gasteiger partial charge in [0.1, 0.15) is 11.3 Å². The van der Waals surface area contributed by atoms with Crippen molar-refractivity contribution >= 4 is 0 Å². The first kappa shape index (κ1) is 15.3. The lowest BCUT2D eigenvalue weighted by atomic mass is 9.79. The van der Waals surface area contributed by atoms with E-state index < -0.39 is 5.60 Å². The highest BCUT2D eigenvalue weighted by Crippen LogP contribution is 2.44. The normalized spacial score (nSPS) is 30.4. The molecule has 1 aliphatic heterocycles. The highest BCUT2D eigenvalue weighted by molar-refractivity contribution is 5.32. The van der Waals surface area contributed by atoms with Crippen LogP contribution < -0.4 is 4.74 Å². The number of aryl methyl sites for hydroxylation is 1. The molecule has 1 fully saturated rings. The van der Waals surface area contributed by atoms with Crippen molar-refractivity contribution in [1.82, 2.24) is 9.78 Å². The highest BCUT2D eigenvalue weighted by Gasteiger charge is 2.45. The molecule has 0 aliphatic carbocycles. The third kappa shape index (κ3) is 2.69. The van der Waals surface area contributed by atoms with Crippen LogP contribution in [0.3, 0.4) is 0 Å². The molecule has 2 heterocycles. The molecule has 2 rings (SSSR count). The van der Waals surface area contributed by atoms with Gasteiger partial charge in [-0.1, -0.05) is 13.8 Å². The topological polar surface area (TPSA) is 56.5 Å². The molecule has 114 valence electrons. The zero-order chi connectivity index (χ0) is 14.8. The molecule has 0 aromatic carbocycles. The molecule has 1 aromatic heterocycles. The average molecular weight is 282 g/mol. The number of aliphatic hydroxyl groups is 1. The van der Waals surface area contributed by atoms with E-state index in [2.05, 4.69) is 25.9 Å². The van der Waals surface area contributed by atoms with Crippen molar-refractivity contribution in [1.29, 1.82) is 0 Å². The second-order valence-electron chi connectivity index (χ2n) is 5.89. The lowest BCUT2D eigenvalue weighted by Crippen LogP contribution is -2.46. The molecule has 0 radical (unpaired) electrons. The number of ether oxygens (including phenoxy) is 2. The minimum Gasteiger partial charge on any atom is -0.493 e. The number of methoxy groups -OCH3 is 1. The zero-order valence-corrected chi connectivity index (χ0v) is 13.0. The van der Waals surface area contributed by atoms with Gasteiger partial charge in [0, 0.05) is 19.4 Å². The summed E-state index contributed by atoms with van der Waals surface area (Å²) in [4.78, 5) is 0. The van der Waals surface area contributed by atoms with Gasteiger partial charge in [0.15, 0.2) is 5.75 Å². The van der Waals surface area contributed by atoms with E-state index in [9.17, 15) is 5.11 Å². The molecule has 1 aliphatic rings. The Balaban J connectivity index is 2.40. The summed E-state index contributed by atoms with van der Waals surface area (Å²) < 4.78 is 13.1. The van der Waals surface area contributed by atoms with E-state index in [1.54, 1.807) is 13.3 Å². The molecule has 0 bridgehead atoms. The van der Waals surface area contributed by atoms with Gasteiger partial charge in [0.2, 0.25) is 0 Å². The summed E-state index contributed by atoms with van der Waals surface area (Å²) in [6.07, 6.45) is 4.69. The van der Waals surface area contributed by atoms with Crippen LogP contribution in [0.4, 0.5) is 0 Å². The minimum atomic E-state index is -0.931. The predicted octanol–water partition coefficient (Wildman–Crippen LogP) is 2.47. The van der Waals surface area contributed by atoms with Crippen LogP contribution in [0.1, 0.15) is 52.1 Å². The van der Waals surface area contributed by atoms with E-state index in [4.69, 9.17) is 9.47 Å². The second-order valence-corrected chi connectivity index (χ2v) is 5.89. The molecular formula is C15H26N2O3. The van der Waals surface area contributed by atoms with Crippen LogP contribution in [0.5, 0.6) is 5.75 Å². The lowest BCUT2D eigenvalue weighted by Gasteiger charge is -2.43. The third-order valence-corrected chi connectivity index (χ3v) is 4.28. The standard InChI is InChI=1S/C15H26N2O3/c1-5-8-17-13(12(19-4)10-16-17)15(18)7-9-20-14(3,6-2)11-15/h10,18H,5-9,11H2,1-4H3. The molecular weight excluding hydrogens is 256 g/mol. The van der Waals surface area contributed by atoms with Gasteiger partial charge in [0.25, 0.3) is 0 Å². The van der Waals surface area contributed by atoms with Gasteiger partial charge in [-0.3, -0.25) is 4.68 Å². The van der Waals surface area contributed by atoms with Gasteiger partial charge in [-0.2, -0.15) is 5.10 Å². The Bertz CT molecular complexity index is 460. The van der Waals surface area contributed by atoms with E-state index in [-0.39, 0.29) is 5.60 Å². The van der Waals surface area contributed by atoms with Crippen LogP contribution in [0, 0.1) is 0 Å². The van der Waals surface area contributed by atoms with Crippen LogP contribution in [0.2, 0.25) is 0 Å². The van der Waals surface area contributed by atoms with Gasteiger partial charge in [-0.05, 0) is 19.8 Å². The van der Waals surface area contributed by atoms with Crippen molar-refractivity contribution in [2.24, 2.45) is 0 Å². The summed E-state index contributed by atoms with van der Waals surface area (Å²) in [6, 6.07) is 0. The Morgan fingerprint density at radius 3 is 2.85 bits per heavy atom. The summed E-state index contributed by atoms with van der Waals surface area (Å²) in [5, 5.41) is 15.6. The van der Waals surface area contributed by atoms with Gasteiger partial charge < -0.3 is 14.6 Å². The summed E-state index contributed by atoms with van der Waals surface area (Å²) in [5.74, 6) is 0.668. The monoisotopic (exact) mass is 282 g/mol. The summed E-state index contributed by atoms with van der Waals surface area (Å²) in [5.41, 5.74) is -0.427. The van der Waals surface area contributed by atoms with E-state index in [1.807, 2.05) is 4.68 Å². The molecule has 20 heavy (non-hydrogen) atoms. The molecule has 2 atom stereocenters. The zero-order valence-electron chi connectivity index (χ0n) is 13.0. The molecule has 1 saturated heterocycles. The lowest BCUT2D eigenvalue weighted by molar-refractivity contribution is -0.160. The van der Waals surface area contributed by atoms with Crippen molar-refractivity contribution in [3.63, 3.8) is 0 Å². The van der Waals surface area contributed by atoms with Crippen molar-refractivity contribution in [3.05, 3.63) is 11.9 Å². The van der Waals surface area contributed by atoms with Crippen molar-refractivity contribution in [3.8, 4) is 5.75 Å². The van der Waals surface area contributed by atoms with Gasteiger partial charge in [0.05, 0.1) is 25.5 Å². The van der Waals surface area contributed by atoms with E-state index in [1.165, 1.54) is 0 Å². The fourth-order valence-electron chi connectivity index (χ4n) is 3.02. The number of hydrogen-bond acceptors (Lipinski definition) is 4. The fourth-order valence-corrected chi connectivity index (χ4v) is 3.02. The number of nitrogens with zero attached hydrogens (tertiary/aromatic N) is 2. The number of hydrogen-bond donors (Lipinski definition) is 1. The average Bonchev–Trinajstić information content (AvgIpc) is 2.83. The number of aromatic nitrogens is 2. The van der Waals surface area contributed by atoms with E-state index in [0.29, 0.717) is 25.2 Å². The molecule has 0 saturated carbocycles. The first-order chi connectivity index (χ1) is 9.48. The molecule has 0 amide bonds. The largest absolute Gasteiger partial charge is 0.493 e. The van der Waals surface area contributed by atoms with Crippen molar-refractivity contribution < 1.29 is 14.6 Å². The highest BCUT2D eigenvalue weighted by atomic mass is 16.5. The summed E-state index contributed by atoms with van der Waals surface area (Å²) >= 11 is 0. The molecule has 1 N–H and O–H groups in total. The fraction of sp³-hybridized carbons (Fsp3) is 0.800. The maximum Gasteiger partial charge on any atom is 0.162 e. The van der Waals surface area contributed by atoms with E-state index in [0.717, 1.165) is 25.1 Å². The van der Waals surface area contributed by atoms with Crippen molar-refractivity contribution in [2.75, 3.05) is 13.7 Å². The molecule has 1 aromatic rings. The second kappa shape index (κ2) is 5.74. The van der Waals surface area contributed by atoms with Gasteiger partial charge in [-0.15, -0.1) is 0 Å². The third-order valence-electron chi connectivity index (χ3n) is 4.28. The van der Waals surface area contributed by atoms with Crippen LogP contribution in [0.25, 0.3) is 0 Å². The van der Waals surface area contributed by atoms with Gasteiger partial charge >= 0.3 is 0 Å². The first-order valence-electron chi connectivity index (χ1n) is 7.44. The first-order valence-corrected chi connectivity index (χ1v) is 7.44. The minimum absolute atomic E-state index is 0.292. The Hall–Kier alpha value is -1.07. The quantitative estimate of drug-likeness (QED) is 0.901. The molecule has 2 unspecified atom stereocenters. The maximum atomic E-state index is 11.2. The van der Waals surface area contributed by atoms with Crippen molar-refractivity contribution in [2.45, 2.75) is 64.2 Å². The summed E-state index contributed by atoms with van der Waals surface area (Å²) in [7, 11) is 1.62. The molecule has 0 spiro atoms. The maximum absolute atomic E-state index is 11.2. The predicted molar refractivity (Wildman–Crippen MR) is 76.8 cm³/mol. The Morgan fingerprint density at radius 1 is 1.50 bits per heavy atom. The SMILES string of the molecule is CCCn1ncc(OC)c1C1(O)CCOC(C)(CC)C1. The number of rotatable bonds is 5. The molecule has 5 nitrogen and oxygen atoms in total. The summed E-state index contributed by atoms with van der Waals surface area (Å²) in [6.45, 7) is 7.59.